The van der Waals surface area contributed by atoms with Crippen molar-refractivity contribution in [2.75, 3.05) is 23.7 Å². The zero-order valence-electron chi connectivity index (χ0n) is 13.3. The highest BCUT2D eigenvalue weighted by atomic mass is 16.5. The first-order valence-corrected chi connectivity index (χ1v) is 7.88. The number of anilines is 2. The molecule has 2 N–H and O–H groups in total. The first-order chi connectivity index (χ1) is 11.7. The Labute approximate surface area is 138 Å². The van der Waals surface area contributed by atoms with Gasteiger partial charge in [-0.05, 0) is 25.8 Å². The topological polar surface area (TPSA) is 112 Å². The molecule has 9 nitrogen and oxygen atoms in total. The predicted molar refractivity (Wildman–Crippen MR) is 86.8 cm³/mol. The average molecular weight is 326 g/mol. The second-order valence-electron chi connectivity index (χ2n) is 5.85. The highest BCUT2D eigenvalue weighted by Crippen LogP contribution is 2.32. The van der Waals surface area contributed by atoms with E-state index in [4.69, 9.17) is 10.3 Å². The molecule has 4 heterocycles. The van der Waals surface area contributed by atoms with Crippen LogP contribution in [0.5, 0.6) is 0 Å². The maximum Gasteiger partial charge on any atom is 0.231 e. The van der Waals surface area contributed by atoms with Crippen LogP contribution >= 0.6 is 0 Å². The smallest absolute Gasteiger partial charge is 0.231 e. The summed E-state index contributed by atoms with van der Waals surface area (Å²) in [5.41, 5.74) is 6.83. The van der Waals surface area contributed by atoms with E-state index in [9.17, 15) is 0 Å². The quantitative estimate of drug-likeness (QED) is 0.767. The number of aromatic nitrogens is 6. The van der Waals surface area contributed by atoms with E-state index in [1.807, 2.05) is 19.2 Å². The van der Waals surface area contributed by atoms with E-state index >= 15 is 0 Å². The van der Waals surface area contributed by atoms with E-state index in [2.05, 4.69) is 30.1 Å². The molecule has 24 heavy (non-hydrogen) atoms. The molecule has 1 saturated heterocycles. The zero-order chi connectivity index (χ0) is 16.5. The number of hydrogen-bond donors (Lipinski definition) is 1. The van der Waals surface area contributed by atoms with Gasteiger partial charge in [0.1, 0.15) is 12.0 Å². The van der Waals surface area contributed by atoms with E-state index in [0.717, 1.165) is 31.7 Å². The van der Waals surface area contributed by atoms with E-state index in [1.165, 1.54) is 6.33 Å². The lowest BCUT2D eigenvalue weighted by Crippen LogP contribution is -2.35. The minimum atomic E-state index is 0.183. The maximum absolute atomic E-state index is 6.31. The van der Waals surface area contributed by atoms with Crippen LogP contribution in [0.4, 0.5) is 11.5 Å². The molecular weight excluding hydrogens is 308 g/mol. The van der Waals surface area contributed by atoms with Gasteiger partial charge in [-0.25, -0.2) is 14.6 Å². The fraction of sp³-hybridized carbons (Fsp3) is 0.400. The fourth-order valence-corrected chi connectivity index (χ4v) is 3.06. The van der Waals surface area contributed by atoms with Gasteiger partial charge in [0, 0.05) is 25.5 Å². The number of piperidine rings is 1. The van der Waals surface area contributed by atoms with Crippen molar-refractivity contribution in [2.24, 2.45) is 0 Å². The Balaban J connectivity index is 1.62. The van der Waals surface area contributed by atoms with Crippen molar-refractivity contribution in [1.29, 1.82) is 0 Å². The summed E-state index contributed by atoms with van der Waals surface area (Å²) in [5, 5.41) is 8.08. The van der Waals surface area contributed by atoms with E-state index in [-0.39, 0.29) is 5.92 Å². The van der Waals surface area contributed by atoms with Crippen molar-refractivity contribution in [3.05, 3.63) is 36.5 Å². The third-order valence-electron chi connectivity index (χ3n) is 4.18. The Morgan fingerprint density at radius 2 is 2.17 bits per heavy atom. The normalized spacial score (nSPS) is 18.0. The van der Waals surface area contributed by atoms with Gasteiger partial charge in [-0.1, -0.05) is 5.16 Å². The lowest BCUT2D eigenvalue weighted by atomic mass is 9.98. The second-order valence-corrected chi connectivity index (χ2v) is 5.85. The molecule has 124 valence electrons. The average Bonchev–Trinajstić information content (AvgIpc) is 3.27. The summed E-state index contributed by atoms with van der Waals surface area (Å²) in [6.07, 6.45) is 7.03. The summed E-state index contributed by atoms with van der Waals surface area (Å²) < 4.78 is 6.98. The van der Waals surface area contributed by atoms with Crippen molar-refractivity contribution >= 4 is 11.5 Å². The van der Waals surface area contributed by atoms with Crippen molar-refractivity contribution in [3.8, 4) is 5.82 Å². The largest absolute Gasteiger partial charge is 0.393 e. The Kier molecular flexibility index (Phi) is 3.60. The summed E-state index contributed by atoms with van der Waals surface area (Å²) in [6.45, 7) is 3.44. The third-order valence-corrected chi connectivity index (χ3v) is 4.18. The molecule has 0 spiro atoms. The molecule has 0 aliphatic carbocycles. The van der Waals surface area contributed by atoms with Gasteiger partial charge in [0.25, 0.3) is 0 Å². The standard InChI is InChI=1S/C15H18N8O/c1-10-20-15(24-21-10)11-4-2-6-22(8-11)13-12(16)14(18-9-17-13)23-7-3-5-19-23/h3,5,7,9,11H,2,4,6,8,16H2,1H3/t11-/m0/s1. The first kappa shape index (κ1) is 14.6. The van der Waals surface area contributed by atoms with Crippen LogP contribution in [0.1, 0.15) is 30.5 Å². The van der Waals surface area contributed by atoms with E-state index in [1.54, 1.807) is 10.9 Å². The highest BCUT2D eigenvalue weighted by Gasteiger charge is 2.28. The molecule has 9 heteroatoms. The van der Waals surface area contributed by atoms with E-state index < -0.39 is 0 Å². The molecule has 0 bridgehead atoms. The summed E-state index contributed by atoms with van der Waals surface area (Å²) in [6, 6.07) is 1.83. The van der Waals surface area contributed by atoms with Crippen LogP contribution in [0, 0.1) is 6.92 Å². The van der Waals surface area contributed by atoms with E-state index in [0.29, 0.717) is 23.2 Å². The molecule has 0 unspecified atom stereocenters. The third kappa shape index (κ3) is 2.57. The predicted octanol–water partition coefficient (Wildman–Crippen LogP) is 1.32. The van der Waals surface area contributed by atoms with Gasteiger partial charge in [0.05, 0.1) is 5.92 Å². The van der Waals surface area contributed by atoms with Crippen LogP contribution in [-0.2, 0) is 0 Å². The van der Waals surface area contributed by atoms with Gasteiger partial charge < -0.3 is 15.2 Å². The molecule has 1 fully saturated rings. The first-order valence-electron chi connectivity index (χ1n) is 7.88. The lowest BCUT2D eigenvalue weighted by Gasteiger charge is -2.32. The van der Waals surface area contributed by atoms with Crippen molar-refractivity contribution < 1.29 is 4.52 Å². The molecule has 0 aromatic carbocycles. The molecule has 3 aromatic rings. The van der Waals surface area contributed by atoms with Crippen LogP contribution in [0.25, 0.3) is 5.82 Å². The minimum Gasteiger partial charge on any atom is -0.393 e. The Hall–Kier alpha value is -2.97. The van der Waals surface area contributed by atoms with Crippen LogP contribution in [0.3, 0.4) is 0 Å². The fourth-order valence-electron chi connectivity index (χ4n) is 3.06. The molecule has 3 aromatic heterocycles. The van der Waals surface area contributed by atoms with Crippen LogP contribution < -0.4 is 10.6 Å². The molecule has 0 saturated carbocycles. The molecular formula is C15H18N8O. The van der Waals surface area contributed by atoms with Crippen molar-refractivity contribution in [3.63, 3.8) is 0 Å². The zero-order valence-corrected chi connectivity index (χ0v) is 13.3. The number of hydrogen-bond acceptors (Lipinski definition) is 8. The highest BCUT2D eigenvalue weighted by molar-refractivity contribution is 5.70. The minimum absolute atomic E-state index is 0.183. The van der Waals surface area contributed by atoms with Crippen LogP contribution in [0.15, 0.2) is 29.3 Å². The van der Waals surface area contributed by atoms with Gasteiger partial charge in [0.2, 0.25) is 5.89 Å². The summed E-state index contributed by atoms with van der Waals surface area (Å²) >= 11 is 0. The Morgan fingerprint density at radius 1 is 1.29 bits per heavy atom. The molecule has 0 radical (unpaired) electrons. The lowest BCUT2D eigenvalue weighted by molar-refractivity contribution is 0.331. The monoisotopic (exact) mass is 326 g/mol. The summed E-state index contributed by atoms with van der Waals surface area (Å²) in [4.78, 5) is 15.2. The number of aryl methyl sites for hydroxylation is 1. The number of nitrogen functional groups attached to an aromatic ring is 1. The molecule has 4 rings (SSSR count). The summed E-state index contributed by atoms with van der Waals surface area (Å²) in [5.74, 6) is 2.82. The second kappa shape index (κ2) is 5.91. The van der Waals surface area contributed by atoms with Gasteiger partial charge in [-0.2, -0.15) is 10.1 Å². The molecule has 0 amide bonds. The SMILES string of the molecule is Cc1noc([C@H]2CCCN(c3ncnc(-n4cccn4)c3N)C2)n1. The molecule has 1 atom stereocenters. The van der Waals surface area contributed by atoms with Crippen molar-refractivity contribution in [1.82, 2.24) is 29.9 Å². The van der Waals surface area contributed by atoms with Gasteiger partial charge >= 0.3 is 0 Å². The number of nitrogens with zero attached hydrogens (tertiary/aromatic N) is 7. The van der Waals surface area contributed by atoms with Gasteiger partial charge in [-0.15, -0.1) is 0 Å². The Bertz CT molecular complexity index is 828. The Morgan fingerprint density at radius 3 is 2.92 bits per heavy atom. The van der Waals surface area contributed by atoms with Gasteiger partial charge in [-0.3, -0.25) is 0 Å². The maximum atomic E-state index is 6.31. The van der Waals surface area contributed by atoms with Crippen LogP contribution in [-0.4, -0.2) is 43.0 Å². The van der Waals surface area contributed by atoms with Crippen molar-refractivity contribution in [2.45, 2.75) is 25.7 Å². The van der Waals surface area contributed by atoms with Gasteiger partial charge in [0.15, 0.2) is 17.5 Å². The molecule has 1 aliphatic rings. The number of nitrogens with two attached hydrogens (primary N) is 1. The number of rotatable bonds is 3. The summed E-state index contributed by atoms with van der Waals surface area (Å²) in [7, 11) is 0. The van der Waals surface area contributed by atoms with Crippen LogP contribution in [0.2, 0.25) is 0 Å². The molecule has 1 aliphatic heterocycles.